The fourth-order valence-electron chi connectivity index (χ4n) is 1.87. The first-order chi connectivity index (χ1) is 7.42. The lowest BCUT2D eigenvalue weighted by molar-refractivity contribution is 0.616. The Morgan fingerprint density at radius 3 is 3.13 bits per heavy atom. The molecular formula is C12H16ClNS. The van der Waals surface area contributed by atoms with E-state index in [0.717, 1.165) is 25.4 Å². The number of nitrogens with one attached hydrogen (secondary N) is 1. The van der Waals surface area contributed by atoms with Gasteiger partial charge in [-0.15, -0.1) is 23.4 Å². The Bertz CT molecular complexity index is 316. The van der Waals surface area contributed by atoms with Gasteiger partial charge in [0.25, 0.3) is 0 Å². The molecule has 1 unspecified atom stereocenters. The molecule has 1 aliphatic heterocycles. The molecule has 1 atom stereocenters. The van der Waals surface area contributed by atoms with Crippen molar-refractivity contribution in [3.8, 4) is 0 Å². The van der Waals surface area contributed by atoms with E-state index in [-0.39, 0.29) is 0 Å². The molecule has 1 N–H and O–H groups in total. The van der Waals surface area contributed by atoms with Gasteiger partial charge in [0.1, 0.15) is 0 Å². The van der Waals surface area contributed by atoms with E-state index < -0.39 is 0 Å². The number of halogens is 1. The molecule has 3 heteroatoms. The maximum Gasteiger partial charge on any atom is 0.0235 e. The van der Waals surface area contributed by atoms with Gasteiger partial charge >= 0.3 is 0 Å². The molecule has 0 amide bonds. The molecule has 0 fully saturated rings. The van der Waals surface area contributed by atoms with Crippen LogP contribution in [0.2, 0.25) is 0 Å². The molecule has 0 bridgehead atoms. The molecule has 0 aromatic heterocycles. The lowest BCUT2D eigenvalue weighted by atomic mass is 10.0. The standard InChI is InChI=1S/C12H16ClNS/c13-6-3-7-14-8-10-9-15-12-5-2-1-4-11(10)12/h1-2,4-5,10,14H,3,6-9H2. The van der Waals surface area contributed by atoms with Crippen molar-refractivity contribution in [1.29, 1.82) is 0 Å². The molecule has 1 aromatic rings. The van der Waals surface area contributed by atoms with Crippen LogP contribution in [-0.4, -0.2) is 24.7 Å². The van der Waals surface area contributed by atoms with Gasteiger partial charge in [-0.1, -0.05) is 18.2 Å². The normalized spacial score (nSPS) is 19.1. The van der Waals surface area contributed by atoms with Crippen molar-refractivity contribution >= 4 is 23.4 Å². The van der Waals surface area contributed by atoms with E-state index in [9.17, 15) is 0 Å². The van der Waals surface area contributed by atoms with E-state index in [1.165, 1.54) is 16.2 Å². The summed E-state index contributed by atoms with van der Waals surface area (Å²) in [6.45, 7) is 2.12. The Morgan fingerprint density at radius 1 is 1.40 bits per heavy atom. The Kier molecular flexibility index (Phi) is 4.36. The highest BCUT2D eigenvalue weighted by Crippen LogP contribution is 2.38. The molecule has 2 rings (SSSR count). The molecule has 0 saturated heterocycles. The van der Waals surface area contributed by atoms with Crippen LogP contribution in [0.4, 0.5) is 0 Å². The summed E-state index contributed by atoms with van der Waals surface area (Å²) in [4.78, 5) is 1.46. The number of hydrogen-bond donors (Lipinski definition) is 1. The zero-order valence-corrected chi connectivity index (χ0v) is 10.3. The number of thioether (sulfide) groups is 1. The van der Waals surface area contributed by atoms with Crippen molar-refractivity contribution in [1.82, 2.24) is 5.32 Å². The smallest absolute Gasteiger partial charge is 0.0235 e. The first-order valence-corrected chi connectivity index (χ1v) is 6.92. The van der Waals surface area contributed by atoms with Gasteiger partial charge in [-0.25, -0.2) is 0 Å². The van der Waals surface area contributed by atoms with Gasteiger partial charge in [0.05, 0.1) is 0 Å². The molecule has 82 valence electrons. The topological polar surface area (TPSA) is 12.0 Å². The van der Waals surface area contributed by atoms with Crippen molar-refractivity contribution in [2.75, 3.05) is 24.7 Å². The van der Waals surface area contributed by atoms with Gasteiger partial charge in [-0.2, -0.15) is 0 Å². The summed E-state index contributed by atoms with van der Waals surface area (Å²) < 4.78 is 0. The fourth-order valence-corrected chi connectivity index (χ4v) is 3.25. The van der Waals surface area contributed by atoms with Crippen LogP contribution >= 0.6 is 23.4 Å². The predicted molar refractivity (Wildman–Crippen MR) is 68.1 cm³/mol. The molecule has 15 heavy (non-hydrogen) atoms. The zero-order chi connectivity index (χ0) is 10.5. The van der Waals surface area contributed by atoms with Gasteiger partial charge in [0.2, 0.25) is 0 Å². The minimum atomic E-state index is 0.682. The van der Waals surface area contributed by atoms with Crippen molar-refractivity contribution < 1.29 is 0 Å². The Labute approximate surface area is 101 Å². The average molecular weight is 242 g/mol. The third-order valence-electron chi connectivity index (χ3n) is 2.68. The van der Waals surface area contributed by atoms with E-state index in [0.29, 0.717) is 5.92 Å². The number of hydrogen-bond acceptors (Lipinski definition) is 2. The van der Waals surface area contributed by atoms with E-state index in [1.807, 2.05) is 11.8 Å². The fraction of sp³-hybridized carbons (Fsp3) is 0.500. The molecule has 1 nitrogen and oxygen atoms in total. The Balaban J connectivity index is 1.85. The number of fused-ring (bicyclic) bond motifs is 1. The second kappa shape index (κ2) is 5.78. The number of alkyl halides is 1. The SMILES string of the molecule is ClCCCNCC1CSc2ccccc21. The van der Waals surface area contributed by atoms with Gasteiger partial charge in [0, 0.05) is 29.0 Å². The van der Waals surface area contributed by atoms with Crippen molar-refractivity contribution in [3.63, 3.8) is 0 Å². The van der Waals surface area contributed by atoms with E-state index in [2.05, 4.69) is 29.6 Å². The maximum atomic E-state index is 5.63. The van der Waals surface area contributed by atoms with Crippen LogP contribution < -0.4 is 5.32 Å². The lowest BCUT2D eigenvalue weighted by Crippen LogP contribution is -2.22. The molecule has 0 spiro atoms. The molecule has 0 saturated carbocycles. The zero-order valence-electron chi connectivity index (χ0n) is 8.71. The van der Waals surface area contributed by atoms with Crippen LogP contribution in [0.1, 0.15) is 17.9 Å². The highest BCUT2D eigenvalue weighted by Gasteiger charge is 2.21. The minimum absolute atomic E-state index is 0.682. The molecule has 1 heterocycles. The first-order valence-electron chi connectivity index (χ1n) is 5.40. The maximum absolute atomic E-state index is 5.63. The minimum Gasteiger partial charge on any atom is -0.316 e. The van der Waals surface area contributed by atoms with Gasteiger partial charge < -0.3 is 5.32 Å². The number of benzene rings is 1. The monoisotopic (exact) mass is 241 g/mol. The van der Waals surface area contributed by atoms with Crippen LogP contribution in [0.15, 0.2) is 29.2 Å². The quantitative estimate of drug-likeness (QED) is 0.628. The van der Waals surface area contributed by atoms with Crippen LogP contribution in [0.5, 0.6) is 0 Å². The summed E-state index contributed by atoms with van der Waals surface area (Å²) in [5, 5.41) is 3.47. The van der Waals surface area contributed by atoms with Crippen LogP contribution in [-0.2, 0) is 0 Å². The van der Waals surface area contributed by atoms with E-state index in [4.69, 9.17) is 11.6 Å². The number of rotatable bonds is 5. The van der Waals surface area contributed by atoms with Crippen molar-refractivity contribution in [2.45, 2.75) is 17.2 Å². The summed E-state index contributed by atoms with van der Waals surface area (Å²) in [6, 6.07) is 8.73. The second-order valence-corrected chi connectivity index (χ2v) is 5.23. The molecular weight excluding hydrogens is 226 g/mol. The molecule has 0 aliphatic carbocycles. The van der Waals surface area contributed by atoms with E-state index >= 15 is 0 Å². The van der Waals surface area contributed by atoms with E-state index in [1.54, 1.807) is 0 Å². The highest BCUT2D eigenvalue weighted by atomic mass is 35.5. The summed E-state index contributed by atoms with van der Waals surface area (Å²) >= 11 is 7.61. The Morgan fingerprint density at radius 2 is 2.27 bits per heavy atom. The van der Waals surface area contributed by atoms with Crippen LogP contribution in [0.3, 0.4) is 0 Å². The highest BCUT2D eigenvalue weighted by molar-refractivity contribution is 7.99. The second-order valence-electron chi connectivity index (χ2n) is 3.79. The predicted octanol–water partition coefficient (Wildman–Crippen LogP) is 3.09. The summed E-state index contributed by atoms with van der Waals surface area (Å²) in [6.07, 6.45) is 1.06. The van der Waals surface area contributed by atoms with Crippen LogP contribution in [0, 0.1) is 0 Å². The third kappa shape index (κ3) is 2.90. The van der Waals surface area contributed by atoms with Crippen molar-refractivity contribution in [2.24, 2.45) is 0 Å². The molecule has 1 aromatic carbocycles. The molecule has 1 aliphatic rings. The largest absolute Gasteiger partial charge is 0.316 e. The molecule has 0 radical (unpaired) electrons. The summed E-state index contributed by atoms with van der Waals surface area (Å²) in [5.74, 6) is 2.65. The summed E-state index contributed by atoms with van der Waals surface area (Å²) in [5.41, 5.74) is 1.51. The van der Waals surface area contributed by atoms with Crippen LogP contribution in [0.25, 0.3) is 0 Å². The average Bonchev–Trinajstić information content (AvgIpc) is 2.68. The summed E-state index contributed by atoms with van der Waals surface area (Å²) in [7, 11) is 0. The van der Waals surface area contributed by atoms with Gasteiger partial charge in [0.15, 0.2) is 0 Å². The van der Waals surface area contributed by atoms with Gasteiger partial charge in [-0.3, -0.25) is 0 Å². The van der Waals surface area contributed by atoms with Gasteiger partial charge in [-0.05, 0) is 24.6 Å². The Hall–Kier alpha value is -0.180. The van der Waals surface area contributed by atoms with Crippen molar-refractivity contribution in [3.05, 3.63) is 29.8 Å². The third-order valence-corrected chi connectivity index (χ3v) is 4.20. The first kappa shape index (κ1) is 11.3. The lowest BCUT2D eigenvalue weighted by Gasteiger charge is -2.11.